The lowest BCUT2D eigenvalue weighted by Crippen LogP contribution is -2.31. The van der Waals surface area contributed by atoms with E-state index in [0.717, 1.165) is 11.3 Å². The van der Waals surface area contributed by atoms with Gasteiger partial charge in [0.15, 0.2) is 24.7 Å². The van der Waals surface area contributed by atoms with Crippen LogP contribution in [0.1, 0.15) is 11.1 Å². The van der Waals surface area contributed by atoms with E-state index in [4.69, 9.17) is 24.2 Å². The summed E-state index contributed by atoms with van der Waals surface area (Å²) in [6.45, 7) is 2.07. The summed E-state index contributed by atoms with van der Waals surface area (Å²) >= 11 is 0. The third-order valence-electron chi connectivity index (χ3n) is 3.92. The number of hydrogen-bond acceptors (Lipinski definition) is 7. The van der Waals surface area contributed by atoms with Gasteiger partial charge < -0.3 is 24.3 Å². The second-order valence-electron chi connectivity index (χ2n) is 6.31. The number of methoxy groups -OCH3 is 1. The molecule has 2 rings (SSSR count). The molecule has 0 aliphatic carbocycles. The first kappa shape index (κ1) is 23.3. The van der Waals surface area contributed by atoms with Crippen molar-refractivity contribution in [2.24, 2.45) is 0 Å². The minimum absolute atomic E-state index is 0.0992. The van der Waals surface area contributed by atoms with Crippen LogP contribution >= 0.6 is 0 Å². The van der Waals surface area contributed by atoms with Crippen LogP contribution in [0.5, 0.6) is 17.2 Å². The number of nitriles is 1. The molecule has 0 saturated carbocycles. The van der Waals surface area contributed by atoms with Gasteiger partial charge in [-0.3, -0.25) is 4.79 Å². The van der Waals surface area contributed by atoms with E-state index in [0.29, 0.717) is 30.2 Å². The maximum absolute atomic E-state index is 11.8. The summed E-state index contributed by atoms with van der Waals surface area (Å²) in [6.07, 6.45) is 2.73. The summed E-state index contributed by atoms with van der Waals surface area (Å²) in [5.41, 5.74) is 1.75. The lowest BCUT2D eigenvalue weighted by molar-refractivity contribution is -0.143. The van der Waals surface area contributed by atoms with Gasteiger partial charge in [0, 0.05) is 6.08 Å². The number of rotatable bonds is 11. The van der Waals surface area contributed by atoms with Crippen LogP contribution in [-0.4, -0.2) is 45.4 Å². The molecule has 0 heterocycles. The maximum atomic E-state index is 11.8. The lowest BCUT2D eigenvalue weighted by Gasteiger charge is -2.09. The predicted molar refractivity (Wildman–Crippen MR) is 114 cm³/mol. The standard InChI is InChI=1S/C23H24N2O6/c1-17-4-3-5-19(14-17)29-13-11-25-22(26)16-31-23(27)9-7-18-6-8-20(30-12-10-24)21(15-18)28-2/h3-9,14-15H,11-13,16H2,1-2H3,(H,25,26)/b9-7+. The van der Waals surface area contributed by atoms with Crippen molar-refractivity contribution in [2.45, 2.75) is 6.92 Å². The number of hydrogen-bond donors (Lipinski definition) is 1. The first-order chi connectivity index (χ1) is 15.0. The highest BCUT2D eigenvalue weighted by molar-refractivity contribution is 5.89. The zero-order valence-electron chi connectivity index (χ0n) is 17.4. The smallest absolute Gasteiger partial charge is 0.331 e. The van der Waals surface area contributed by atoms with Gasteiger partial charge in [-0.25, -0.2) is 4.79 Å². The minimum Gasteiger partial charge on any atom is -0.493 e. The van der Waals surface area contributed by atoms with Gasteiger partial charge in [-0.05, 0) is 48.4 Å². The largest absolute Gasteiger partial charge is 0.493 e. The molecule has 31 heavy (non-hydrogen) atoms. The molecular weight excluding hydrogens is 400 g/mol. The number of ether oxygens (including phenoxy) is 4. The van der Waals surface area contributed by atoms with E-state index >= 15 is 0 Å². The molecule has 0 aliphatic heterocycles. The number of amides is 1. The molecule has 0 aliphatic rings. The molecule has 0 unspecified atom stereocenters. The van der Waals surface area contributed by atoms with Gasteiger partial charge in [0.1, 0.15) is 18.4 Å². The van der Waals surface area contributed by atoms with E-state index in [2.05, 4.69) is 5.32 Å². The van der Waals surface area contributed by atoms with E-state index in [1.165, 1.54) is 19.3 Å². The van der Waals surface area contributed by atoms with Crippen LogP contribution in [-0.2, 0) is 14.3 Å². The average molecular weight is 424 g/mol. The van der Waals surface area contributed by atoms with Crippen molar-refractivity contribution in [1.29, 1.82) is 5.26 Å². The second kappa shape index (κ2) is 12.5. The molecule has 162 valence electrons. The SMILES string of the molecule is COc1cc(/C=C/C(=O)OCC(=O)NCCOc2cccc(C)c2)ccc1OCC#N. The fraction of sp³-hybridized carbons (Fsp3) is 0.261. The van der Waals surface area contributed by atoms with Crippen molar-refractivity contribution in [3.05, 3.63) is 59.7 Å². The number of nitrogens with one attached hydrogen (secondary N) is 1. The van der Waals surface area contributed by atoms with Crippen molar-refractivity contribution in [1.82, 2.24) is 5.32 Å². The molecule has 0 spiro atoms. The van der Waals surface area contributed by atoms with Crippen molar-refractivity contribution in [3.63, 3.8) is 0 Å². The summed E-state index contributed by atoms with van der Waals surface area (Å²) in [5, 5.41) is 11.2. The third-order valence-corrected chi connectivity index (χ3v) is 3.92. The van der Waals surface area contributed by atoms with Gasteiger partial charge in [0.25, 0.3) is 5.91 Å². The minimum atomic E-state index is -0.657. The molecule has 2 aromatic rings. The van der Waals surface area contributed by atoms with Crippen molar-refractivity contribution in [2.75, 3.05) is 33.5 Å². The van der Waals surface area contributed by atoms with E-state index < -0.39 is 18.5 Å². The highest BCUT2D eigenvalue weighted by Gasteiger charge is 2.07. The Morgan fingerprint density at radius 1 is 1.13 bits per heavy atom. The number of nitrogens with zero attached hydrogens (tertiary/aromatic N) is 1. The van der Waals surface area contributed by atoms with Crippen LogP contribution in [0.4, 0.5) is 0 Å². The van der Waals surface area contributed by atoms with Gasteiger partial charge in [0.2, 0.25) is 0 Å². The predicted octanol–water partition coefficient (Wildman–Crippen LogP) is 2.66. The van der Waals surface area contributed by atoms with Gasteiger partial charge in [-0.15, -0.1) is 0 Å². The fourth-order valence-corrected chi connectivity index (χ4v) is 2.48. The molecular formula is C23H24N2O6. The molecule has 8 heteroatoms. The van der Waals surface area contributed by atoms with E-state index in [1.807, 2.05) is 37.3 Å². The Morgan fingerprint density at radius 2 is 1.97 bits per heavy atom. The molecule has 1 N–H and O–H groups in total. The molecule has 2 aromatic carbocycles. The Morgan fingerprint density at radius 3 is 2.71 bits per heavy atom. The lowest BCUT2D eigenvalue weighted by atomic mass is 10.2. The van der Waals surface area contributed by atoms with Crippen LogP contribution in [0.15, 0.2) is 48.5 Å². The quantitative estimate of drug-likeness (QED) is 0.336. The molecule has 1 amide bonds. The van der Waals surface area contributed by atoms with Gasteiger partial charge in [-0.1, -0.05) is 18.2 Å². The van der Waals surface area contributed by atoms with Crippen molar-refractivity contribution >= 4 is 18.0 Å². The average Bonchev–Trinajstić information content (AvgIpc) is 2.78. The second-order valence-corrected chi connectivity index (χ2v) is 6.31. The molecule has 8 nitrogen and oxygen atoms in total. The number of carbonyl (C=O) groups excluding carboxylic acids is 2. The monoisotopic (exact) mass is 424 g/mol. The zero-order chi connectivity index (χ0) is 22.5. The highest BCUT2D eigenvalue weighted by atomic mass is 16.5. The Hall–Kier alpha value is -3.99. The molecule has 0 fully saturated rings. The van der Waals surface area contributed by atoms with Crippen LogP contribution in [0.25, 0.3) is 6.08 Å². The van der Waals surface area contributed by atoms with E-state index in [-0.39, 0.29) is 6.61 Å². The van der Waals surface area contributed by atoms with Crippen LogP contribution < -0.4 is 19.5 Å². The topological polar surface area (TPSA) is 107 Å². The van der Waals surface area contributed by atoms with E-state index in [1.54, 1.807) is 18.2 Å². The molecule has 0 saturated heterocycles. The summed E-state index contributed by atoms with van der Waals surface area (Å²) in [5.74, 6) is 0.502. The number of benzene rings is 2. The number of esters is 1. The Kier molecular flexibility index (Phi) is 9.43. The first-order valence-electron chi connectivity index (χ1n) is 9.50. The number of aryl methyl sites for hydroxylation is 1. The van der Waals surface area contributed by atoms with Gasteiger partial charge >= 0.3 is 5.97 Å². The van der Waals surface area contributed by atoms with Crippen molar-refractivity contribution < 1.29 is 28.5 Å². The zero-order valence-corrected chi connectivity index (χ0v) is 17.4. The van der Waals surface area contributed by atoms with E-state index in [9.17, 15) is 9.59 Å². The highest BCUT2D eigenvalue weighted by Crippen LogP contribution is 2.28. The molecule has 0 aromatic heterocycles. The van der Waals surface area contributed by atoms with Crippen LogP contribution in [0.2, 0.25) is 0 Å². The summed E-state index contributed by atoms with van der Waals surface area (Å²) in [7, 11) is 1.47. The van der Waals surface area contributed by atoms with Gasteiger partial charge in [0.05, 0.1) is 13.7 Å². The number of carbonyl (C=O) groups is 2. The first-order valence-corrected chi connectivity index (χ1v) is 9.50. The van der Waals surface area contributed by atoms with Crippen LogP contribution in [0.3, 0.4) is 0 Å². The van der Waals surface area contributed by atoms with Crippen LogP contribution in [0, 0.1) is 18.3 Å². The summed E-state index contributed by atoms with van der Waals surface area (Å²) in [4.78, 5) is 23.6. The molecule has 0 atom stereocenters. The van der Waals surface area contributed by atoms with Gasteiger partial charge in [-0.2, -0.15) is 5.26 Å². The Labute approximate surface area is 181 Å². The summed E-state index contributed by atoms with van der Waals surface area (Å²) < 4.78 is 20.9. The third kappa shape index (κ3) is 8.50. The molecule has 0 radical (unpaired) electrons. The van der Waals surface area contributed by atoms with Crippen molar-refractivity contribution in [3.8, 4) is 23.3 Å². The Balaban J connectivity index is 1.71. The molecule has 0 bridgehead atoms. The fourth-order valence-electron chi connectivity index (χ4n) is 2.48. The maximum Gasteiger partial charge on any atom is 0.331 e. The summed E-state index contributed by atoms with van der Waals surface area (Å²) in [6, 6.07) is 14.5. The normalized spacial score (nSPS) is 10.2. The Bertz CT molecular complexity index is 965.